The summed E-state index contributed by atoms with van der Waals surface area (Å²) in [5.74, 6) is -0.168. The number of benzene rings is 1. The van der Waals surface area contributed by atoms with Gasteiger partial charge in [0.15, 0.2) is 0 Å². The zero-order valence-electron chi connectivity index (χ0n) is 10.9. The van der Waals surface area contributed by atoms with Crippen molar-refractivity contribution in [1.82, 2.24) is 5.32 Å². The van der Waals surface area contributed by atoms with Gasteiger partial charge in [-0.2, -0.15) is 0 Å². The second-order valence-electron chi connectivity index (χ2n) is 4.25. The lowest BCUT2D eigenvalue weighted by Gasteiger charge is -2.20. The van der Waals surface area contributed by atoms with Gasteiger partial charge in [0, 0.05) is 19.8 Å². The van der Waals surface area contributed by atoms with Crippen LogP contribution in [0.25, 0.3) is 0 Å². The molecule has 2 nitrogen and oxygen atoms in total. The highest BCUT2D eigenvalue weighted by Crippen LogP contribution is 2.22. The van der Waals surface area contributed by atoms with Gasteiger partial charge in [0.05, 0.1) is 0 Å². The van der Waals surface area contributed by atoms with E-state index in [0.29, 0.717) is 0 Å². The van der Waals surface area contributed by atoms with Crippen LogP contribution in [-0.2, 0) is 4.74 Å². The number of hydrogen-bond acceptors (Lipinski definition) is 2. The molecule has 0 aliphatic rings. The fraction of sp³-hybridized carbons (Fsp3) is 0.571. The molecule has 0 aliphatic heterocycles. The lowest BCUT2D eigenvalue weighted by atomic mass is 9.97. The molecule has 1 aromatic rings. The van der Waals surface area contributed by atoms with Gasteiger partial charge in [0.1, 0.15) is 5.82 Å². The smallest absolute Gasteiger partial charge is 0.123 e. The summed E-state index contributed by atoms with van der Waals surface area (Å²) >= 11 is 0. The number of rotatable bonds is 7. The summed E-state index contributed by atoms with van der Waals surface area (Å²) in [7, 11) is 1.71. The summed E-state index contributed by atoms with van der Waals surface area (Å²) in [5.41, 5.74) is 2.19. The Labute approximate surface area is 103 Å². The van der Waals surface area contributed by atoms with Gasteiger partial charge in [0.2, 0.25) is 0 Å². The van der Waals surface area contributed by atoms with Crippen LogP contribution < -0.4 is 5.32 Å². The van der Waals surface area contributed by atoms with Crippen LogP contribution in [0.3, 0.4) is 0 Å². The molecule has 0 saturated heterocycles. The van der Waals surface area contributed by atoms with Crippen molar-refractivity contribution in [1.29, 1.82) is 0 Å². The second kappa shape index (κ2) is 7.41. The summed E-state index contributed by atoms with van der Waals surface area (Å²) in [4.78, 5) is 0. The maximum atomic E-state index is 13.1. The quantitative estimate of drug-likeness (QED) is 0.738. The fourth-order valence-electron chi connectivity index (χ4n) is 2.08. The summed E-state index contributed by atoms with van der Waals surface area (Å²) in [5, 5.41) is 3.44. The molecule has 0 fully saturated rings. The van der Waals surface area contributed by atoms with Gasteiger partial charge in [-0.05, 0) is 49.6 Å². The normalized spacial score (nSPS) is 12.7. The van der Waals surface area contributed by atoms with Gasteiger partial charge < -0.3 is 10.1 Å². The molecule has 17 heavy (non-hydrogen) atoms. The third kappa shape index (κ3) is 4.44. The Kier molecular flexibility index (Phi) is 6.16. The monoisotopic (exact) mass is 239 g/mol. The molecule has 0 radical (unpaired) electrons. The van der Waals surface area contributed by atoms with Gasteiger partial charge >= 0.3 is 0 Å². The lowest BCUT2D eigenvalue weighted by molar-refractivity contribution is 0.189. The van der Waals surface area contributed by atoms with E-state index in [1.807, 2.05) is 13.0 Å². The first-order chi connectivity index (χ1) is 8.19. The molecule has 1 aromatic carbocycles. The van der Waals surface area contributed by atoms with Crippen molar-refractivity contribution >= 4 is 0 Å². The molecule has 0 amide bonds. The molecular formula is C14H22FNO. The number of nitrogens with one attached hydrogen (secondary N) is 1. The van der Waals surface area contributed by atoms with Crippen molar-refractivity contribution in [2.24, 2.45) is 0 Å². The number of halogens is 1. The minimum atomic E-state index is -0.168. The standard InChI is InChI=1S/C14H22FNO/c1-4-16-14(6-5-9-17-3)13-8-7-12(15)10-11(13)2/h7-8,10,14,16H,4-6,9H2,1-3H3. The van der Waals surface area contributed by atoms with E-state index in [9.17, 15) is 4.39 Å². The van der Waals surface area contributed by atoms with Crippen molar-refractivity contribution in [2.75, 3.05) is 20.3 Å². The Hall–Kier alpha value is -0.930. The highest BCUT2D eigenvalue weighted by atomic mass is 19.1. The van der Waals surface area contributed by atoms with E-state index in [4.69, 9.17) is 4.74 Å². The largest absolute Gasteiger partial charge is 0.385 e. The van der Waals surface area contributed by atoms with Crippen LogP contribution in [0.15, 0.2) is 18.2 Å². The first-order valence-electron chi connectivity index (χ1n) is 6.17. The maximum absolute atomic E-state index is 13.1. The number of hydrogen-bond donors (Lipinski definition) is 1. The first kappa shape index (κ1) is 14.1. The summed E-state index contributed by atoms with van der Waals surface area (Å²) < 4.78 is 18.1. The Morgan fingerprint density at radius 3 is 2.76 bits per heavy atom. The predicted molar refractivity (Wildman–Crippen MR) is 68.7 cm³/mol. The topological polar surface area (TPSA) is 21.3 Å². The van der Waals surface area contributed by atoms with Crippen molar-refractivity contribution in [3.05, 3.63) is 35.1 Å². The van der Waals surface area contributed by atoms with E-state index in [-0.39, 0.29) is 11.9 Å². The lowest BCUT2D eigenvalue weighted by Crippen LogP contribution is -2.22. The zero-order valence-corrected chi connectivity index (χ0v) is 10.9. The number of aryl methyl sites for hydroxylation is 1. The molecule has 0 saturated carbocycles. The molecule has 0 aliphatic carbocycles. The van der Waals surface area contributed by atoms with Crippen LogP contribution >= 0.6 is 0 Å². The Balaban J connectivity index is 2.74. The second-order valence-corrected chi connectivity index (χ2v) is 4.25. The molecule has 1 rings (SSSR count). The van der Waals surface area contributed by atoms with Crippen molar-refractivity contribution in [3.63, 3.8) is 0 Å². The van der Waals surface area contributed by atoms with Gasteiger partial charge in [-0.25, -0.2) is 4.39 Å². The summed E-state index contributed by atoms with van der Waals surface area (Å²) in [6.45, 7) is 5.72. The fourth-order valence-corrected chi connectivity index (χ4v) is 2.08. The third-order valence-electron chi connectivity index (χ3n) is 2.90. The van der Waals surface area contributed by atoms with Crippen LogP contribution in [0, 0.1) is 12.7 Å². The average molecular weight is 239 g/mol. The van der Waals surface area contributed by atoms with E-state index in [2.05, 4.69) is 12.2 Å². The van der Waals surface area contributed by atoms with Crippen LogP contribution in [-0.4, -0.2) is 20.3 Å². The molecule has 3 heteroatoms. The average Bonchev–Trinajstić information content (AvgIpc) is 2.28. The Bertz CT molecular complexity index is 341. The minimum Gasteiger partial charge on any atom is -0.385 e. The van der Waals surface area contributed by atoms with Crippen LogP contribution in [0.5, 0.6) is 0 Å². The minimum absolute atomic E-state index is 0.168. The molecule has 1 N–H and O–H groups in total. The Morgan fingerprint density at radius 2 is 2.18 bits per heavy atom. The van der Waals surface area contributed by atoms with Crippen molar-refractivity contribution in [2.45, 2.75) is 32.7 Å². The number of methoxy groups -OCH3 is 1. The highest BCUT2D eigenvalue weighted by molar-refractivity contribution is 5.29. The van der Waals surface area contributed by atoms with Crippen LogP contribution in [0.1, 0.15) is 36.9 Å². The van der Waals surface area contributed by atoms with Crippen molar-refractivity contribution < 1.29 is 9.13 Å². The van der Waals surface area contributed by atoms with E-state index >= 15 is 0 Å². The van der Waals surface area contributed by atoms with Crippen LogP contribution in [0.2, 0.25) is 0 Å². The zero-order chi connectivity index (χ0) is 12.7. The third-order valence-corrected chi connectivity index (χ3v) is 2.90. The maximum Gasteiger partial charge on any atom is 0.123 e. The molecule has 0 bridgehead atoms. The highest BCUT2D eigenvalue weighted by Gasteiger charge is 2.12. The molecule has 1 atom stereocenters. The van der Waals surface area contributed by atoms with Crippen LogP contribution in [0.4, 0.5) is 4.39 Å². The summed E-state index contributed by atoms with van der Waals surface area (Å²) in [6.07, 6.45) is 2.01. The summed E-state index contributed by atoms with van der Waals surface area (Å²) in [6, 6.07) is 5.29. The van der Waals surface area contributed by atoms with E-state index in [0.717, 1.165) is 31.6 Å². The van der Waals surface area contributed by atoms with Gasteiger partial charge in [-0.3, -0.25) is 0 Å². The predicted octanol–water partition coefficient (Wildman–Crippen LogP) is 3.21. The molecule has 0 aromatic heterocycles. The molecule has 0 spiro atoms. The van der Waals surface area contributed by atoms with Crippen molar-refractivity contribution in [3.8, 4) is 0 Å². The van der Waals surface area contributed by atoms with E-state index < -0.39 is 0 Å². The molecular weight excluding hydrogens is 217 g/mol. The molecule has 96 valence electrons. The number of ether oxygens (including phenoxy) is 1. The van der Waals surface area contributed by atoms with Gasteiger partial charge in [-0.15, -0.1) is 0 Å². The Morgan fingerprint density at radius 1 is 1.41 bits per heavy atom. The SMILES string of the molecule is CCNC(CCCOC)c1ccc(F)cc1C. The van der Waals surface area contributed by atoms with Gasteiger partial charge in [0.25, 0.3) is 0 Å². The first-order valence-corrected chi connectivity index (χ1v) is 6.17. The van der Waals surface area contributed by atoms with Gasteiger partial charge in [-0.1, -0.05) is 13.0 Å². The molecule has 0 heterocycles. The van der Waals surface area contributed by atoms with E-state index in [1.54, 1.807) is 13.2 Å². The van der Waals surface area contributed by atoms with E-state index in [1.165, 1.54) is 11.6 Å². The molecule has 1 unspecified atom stereocenters.